The molecule has 1 aromatic carbocycles. The van der Waals surface area contributed by atoms with Crippen LogP contribution >= 0.6 is 22.9 Å². The van der Waals surface area contributed by atoms with Crippen LogP contribution in [0.2, 0.25) is 5.02 Å². The minimum atomic E-state index is -1.08. The fourth-order valence-electron chi connectivity index (χ4n) is 1.71. The predicted octanol–water partition coefficient (Wildman–Crippen LogP) is 3.72. The first kappa shape index (κ1) is 18.9. The molecule has 0 aliphatic heterocycles. The zero-order valence-corrected chi connectivity index (χ0v) is 14.8. The van der Waals surface area contributed by atoms with Crippen LogP contribution in [0, 0.1) is 5.82 Å². The lowest BCUT2D eigenvalue weighted by molar-refractivity contribution is -0.123. The summed E-state index contributed by atoms with van der Waals surface area (Å²) in [5, 5.41) is 7.53. The van der Waals surface area contributed by atoms with E-state index in [0.29, 0.717) is 11.7 Å². The number of carbonyl (C=O) groups excluding carboxylic acids is 2. The Bertz CT molecular complexity index is 797. The molecular formula is C16H15ClFN3O3S. The van der Waals surface area contributed by atoms with Crippen LogP contribution in [-0.2, 0) is 9.53 Å². The summed E-state index contributed by atoms with van der Waals surface area (Å²) in [4.78, 5) is 28.2. The van der Waals surface area contributed by atoms with Gasteiger partial charge in [0.05, 0.1) is 10.7 Å². The number of aromatic nitrogens is 1. The quantitative estimate of drug-likeness (QED) is 0.562. The van der Waals surface area contributed by atoms with E-state index in [1.54, 1.807) is 6.08 Å². The van der Waals surface area contributed by atoms with Gasteiger partial charge < -0.3 is 15.4 Å². The maximum Gasteiger partial charge on any atom is 0.358 e. The molecule has 9 heteroatoms. The van der Waals surface area contributed by atoms with E-state index in [0.717, 1.165) is 12.1 Å². The highest BCUT2D eigenvalue weighted by molar-refractivity contribution is 7.13. The second-order valence-electron chi connectivity index (χ2n) is 4.87. The number of rotatable bonds is 7. The van der Waals surface area contributed by atoms with Crippen LogP contribution in [0.25, 0.3) is 0 Å². The van der Waals surface area contributed by atoms with E-state index in [4.69, 9.17) is 16.3 Å². The minimum absolute atomic E-state index is 0.0457. The number of esters is 1. The fraction of sp³-hybridized carbons (Fsp3) is 0.188. The van der Waals surface area contributed by atoms with E-state index in [1.165, 1.54) is 29.7 Å². The third kappa shape index (κ3) is 5.27. The van der Waals surface area contributed by atoms with Gasteiger partial charge in [-0.15, -0.1) is 17.9 Å². The standard InChI is InChI=1S/C16H15ClFN3O3S/c1-3-6-19-16-21-13(8-25-16)15(23)24-9(2)14(22)20-12-5-4-10(18)7-11(12)17/h3-5,7-9H,1,6H2,2H3,(H,19,21)(H,20,22). The molecule has 6 nitrogen and oxygen atoms in total. The van der Waals surface area contributed by atoms with Crippen LogP contribution in [0.5, 0.6) is 0 Å². The molecule has 0 saturated carbocycles. The van der Waals surface area contributed by atoms with Crippen molar-refractivity contribution in [3.05, 3.63) is 52.8 Å². The Morgan fingerprint density at radius 1 is 1.52 bits per heavy atom. The predicted molar refractivity (Wildman–Crippen MR) is 95.7 cm³/mol. The average Bonchev–Trinajstić information content (AvgIpc) is 3.04. The summed E-state index contributed by atoms with van der Waals surface area (Å²) in [6.07, 6.45) is 0.576. The van der Waals surface area contributed by atoms with Crippen molar-refractivity contribution in [2.24, 2.45) is 0 Å². The van der Waals surface area contributed by atoms with Gasteiger partial charge in [-0.3, -0.25) is 4.79 Å². The van der Waals surface area contributed by atoms with Gasteiger partial charge in [0.15, 0.2) is 16.9 Å². The Labute approximate surface area is 152 Å². The third-order valence-electron chi connectivity index (χ3n) is 2.95. The van der Waals surface area contributed by atoms with Gasteiger partial charge in [0.2, 0.25) is 0 Å². The van der Waals surface area contributed by atoms with Crippen LogP contribution in [0.15, 0.2) is 36.2 Å². The molecule has 2 rings (SSSR count). The highest BCUT2D eigenvalue weighted by Gasteiger charge is 2.21. The first-order chi connectivity index (χ1) is 11.9. The van der Waals surface area contributed by atoms with Crippen molar-refractivity contribution in [2.45, 2.75) is 13.0 Å². The van der Waals surface area contributed by atoms with E-state index in [9.17, 15) is 14.0 Å². The molecule has 2 aromatic rings. The molecule has 25 heavy (non-hydrogen) atoms. The molecule has 0 fully saturated rings. The lowest BCUT2D eigenvalue weighted by Crippen LogP contribution is -2.30. The van der Waals surface area contributed by atoms with E-state index in [-0.39, 0.29) is 16.4 Å². The zero-order chi connectivity index (χ0) is 18.4. The van der Waals surface area contributed by atoms with Gasteiger partial charge in [0, 0.05) is 11.9 Å². The molecule has 0 aliphatic rings. The van der Waals surface area contributed by atoms with Gasteiger partial charge in [-0.05, 0) is 25.1 Å². The third-order valence-corrected chi connectivity index (χ3v) is 4.07. The van der Waals surface area contributed by atoms with Crippen LogP contribution in [-0.4, -0.2) is 29.5 Å². The smallest absolute Gasteiger partial charge is 0.358 e. The Morgan fingerprint density at radius 3 is 2.96 bits per heavy atom. The normalized spacial score (nSPS) is 11.5. The Kier molecular flexibility index (Phi) is 6.49. The number of anilines is 2. The van der Waals surface area contributed by atoms with E-state index < -0.39 is 23.8 Å². The number of hydrogen-bond acceptors (Lipinski definition) is 6. The molecule has 1 aromatic heterocycles. The number of nitrogens with one attached hydrogen (secondary N) is 2. The highest BCUT2D eigenvalue weighted by Crippen LogP contribution is 2.23. The molecule has 1 heterocycles. The van der Waals surface area contributed by atoms with Crippen LogP contribution in [0.4, 0.5) is 15.2 Å². The number of nitrogens with zero attached hydrogens (tertiary/aromatic N) is 1. The van der Waals surface area contributed by atoms with Crippen molar-refractivity contribution in [3.8, 4) is 0 Å². The van der Waals surface area contributed by atoms with Gasteiger partial charge in [0.1, 0.15) is 5.82 Å². The molecule has 0 aliphatic carbocycles. The van der Waals surface area contributed by atoms with Crippen molar-refractivity contribution in [2.75, 3.05) is 17.2 Å². The minimum Gasteiger partial charge on any atom is -0.448 e. The summed E-state index contributed by atoms with van der Waals surface area (Å²) in [6, 6.07) is 3.55. The van der Waals surface area contributed by atoms with Gasteiger partial charge in [-0.1, -0.05) is 17.7 Å². The number of hydrogen-bond donors (Lipinski definition) is 2. The van der Waals surface area contributed by atoms with Gasteiger partial charge in [-0.2, -0.15) is 0 Å². The van der Waals surface area contributed by atoms with Gasteiger partial charge >= 0.3 is 5.97 Å². The average molecular weight is 384 g/mol. The van der Waals surface area contributed by atoms with Crippen molar-refractivity contribution < 1.29 is 18.7 Å². The molecule has 132 valence electrons. The molecule has 1 unspecified atom stereocenters. The largest absolute Gasteiger partial charge is 0.448 e. The van der Waals surface area contributed by atoms with Crippen LogP contribution in [0.1, 0.15) is 17.4 Å². The number of ether oxygens (including phenoxy) is 1. The van der Waals surface area contributed by atoms with Crippen LogP contribution < -0.4 is 10.6 Å². The lowest BCUT2D eigenvalue weighted by atomic mass is 10.3. The Morgan fingerprint density at radius 2 is 2.28 bits per heavy atom. The van der Waals surface area contributed by atoms with E-state index >= 15 is 0 Å². The fourth-order valence-corrected chi connectivity index (χ4v) is 2.61. The van der Waals surface area contributed by atoms with Crippen LogP contribution in [0.3, 0.4) is 0 Å². The Balaban J connectivity index is 1.94. The Hall–Kier alpha value is -2.45. The van der Waals surface area contributed by atoms with Crippen molar-refractivity contribution in [1.82, 2.24) is 4.98 Å². The molecule has 0 bridgehead atoms. The maximum atomic E-state index is 13.0. The first-order valence-corrected chi connectivity index (χ1v) is 8.43. The summed E-state index contributed by atoms with van der Waals surface area (Å²) < 4.78 is 18.1. The van der Waals surface area contributed by atoms with Crippen molar-refractivity contribution in [1.29, 1.82) is 0 Å². The molecule has 0 radical (unpaired) electrons. The molecule has 0 saturated heterocycles. The zero-order valence-electron chi connectivity index (χ0n) is 13.2. The number of amides is 1. The second kappa shape index (κ2) is 8.59. The summed E-state index contributed by atoms with van der Waals surface area (Å²) >= 11 is 7.07. The molecule has 0 spiro atoms. The number of thiazole rings is 1. The summed E-state index contributed by atoms with van der Waals surface area (Å²) in [5.74, 6) is -1.84. The molecule has 1 amide bonds. The SMILES string of the molecule is C=CCNc1nc(C(=O)OC(C)C(=O)Nc2ccc(F)cc2Cl)cs1. The number of carbonyl (C=O) groups is 2. The lowest BCUT2D eigenvalue weighted by Gasteiger charge is -2.13. The first-order valence-electron chi connectivity index (χ1n) is 7.18. The van der Waals surface area contributed by atoms with E-state index in [2.05, 4.69) is 22.2 Å². The van der Waals surface area contributed by atoms with Crippen molar-refractivity contribution >= 4 is 45.6 Å². The van der Waals surface area contributed by atoms with Gasteiger partial charge in [-0.25, -0.2) is 14.2 Å². The summed E-state index contributed by atoms with van der Waals surface area (Å²) in [7, 11) is 0. The number of halogens is 2. The highest BCUT2D eigenvalue weighted by atomic mass is 35.5. The van der Waals surface area contributed by atoms with Gasteiger partial charge in [0.25, 0.3) is 5.91 Å². The van der Waals surface area contributed by atoms with Crippen molar-refractivity contribution in [3.63, 3.8) is 0 Å². The monoisotopic (exact) mass is 383 g/mol. The number of benzene rings is 1. The molecule has 2 N–H and O–H groups in total. The van der Waals surface area contributed by atoms with E-state index in [1.807, 2.05) is 0 Å². The maximum absolute atomic E-state index is 13.0. The topological polar surface area (TPSA) is 80.3 Å². The second-order valence-corrected chi connectivity index (χ2v) is 6.13. The summed E-state index contributed by atoms with van der Waals surface area (Å²) in [5.41, 5.74) is 0.316. The molecule has 1 atom stereocenters. The summed E-state index contributed by atoms with van der Waals surface area (Å²) in [6.45, 7) is 5.49. The molecular weight excluding hydrogens is 369 g/mol.